The Morgan fingerprint density at radius 2 is 2.18 bits per heavy atom. The Morgan fingerprint density at radius 3 is 2.64 bits per heavy atom. The van der Waals surface area contributed by atoms with Crippen LogP contribution in [0.4, 0.5) is 0 Å². The fourth-order valence-electron chi connectivity index (χ4n) is 0.909. The molecule has 0 amide bonds. The van der Waals surface area contributed by atoms with Crippen LogP contribution in [0.2, 0.25) is 0 Å². The molecule has 0 saturated heterocycles. The average molecular weight is 156 g/mol. The van der Waals surface area contributed by atoms with Crippen molar-refractivity contribution in [2.75, 3.05) is 0 Å². The quantitative estimate of drug-likeness (QED) is 0.528. The van der Waals surface area contributed by atoms with Crippen LogP contribution in [0.15, 0.2) is 23.7 Å². The molecule has 0 fully saturated rings. The second kappa shape index (κ2) is 2.65. The van der Waals surface area contributed by atoms with Crippen LogP contribution in [0.25, 0.3) is 0 Å². The minimum atomic E-state index is -1.13. The molecule has 0 radical (unpaired) electrons. The van der Waals surface area contributed by atoms with Crippen molar-refractivity contribution in [1.29, 1.82) is 0 Å². The van der Waals surface area contributed by atoms with E-state index >= 15 is 0 Å². The molecule has 4 nitrogen and oxygen atoms in total. The number of allylic oxidation sites excluding steroid dienone is 2. The number of aliphatic hydroxyl groups excluding tert-OH is 2. The third-order valence-electron chi connectivity index (χ3n) is 1.54. The molecule has 0 heterocycles. The summed E-state index contributed by atoms with van der Waals surface area (Å²) in [6, 6.07) is 0. The Kier molecular flexibility index (Phi) is 1.85. The maximum atomic E-state index is 10.4. The van der Waals surface area contributed by atoms with Gasteiger partial charge in [0.2, 0.25) is 0 Å². The number of aliphatic hydroxyl groups is 2. The van der Waals surface area contributed by atoms with Gasteiger partial charge in [0.05, 0.1) is 0 Å². The summed E-state index contributed by atoms with van der Waals surface area (Å²) in [5, 5.41) is 26.4. The molecular weight excluding hydrogens is 148 g/mol. The van der Waals surface area contributed by atoms with E-state index in [2.05, 4.69) is 0 Å². The lowest BCUT2D eigenvalue weighted by molar-refractivity contribution is -0.141. The molecule has 0 aromatic carbocycles. The molecule has 1 atom stereocenters. The van der Waals surface area contributed by atoms with Gasteiger partial charge in [-0.2, -0.15) is 0 Å². The van der Waals surface area contributed by atoms with E-state index < -0.39 is 17.6 Å². The van der Waals surface area contributed by atoms with E-state index in [4.69, 9.17) is 15.3 Å². The second-order valence-corrected chi connectivity index (χ2v) is 2.30. The number of hydrogen-bond acceptors (Lipinski definition) is 3. The Balaban J connectivity index is 2.89. The first-order valence-corrected chi connectivity index (χ1v) is 3.14. The number of carboxylic acid groups (broad SMARTS) is 1. The lowest BCUT2D eigenvalue weighted by Gasteiger charge is -2.13. The number of carboxylic acids is 1. The number of carbonyl (C=O) groups is 1. The first kappa shape index (κ1) is 7.65. The highest BCUT2D eigenvalue weighted by Crippen LogP contribution is 2.21. The molecule has 11 heavy (non-hydrogen) atoms. The highest BCUT2D eigenvalue weighted by Gasteiger charge is 2.25. The van der Waals surface area contributed by atoms with Gasteiger partial charge in [-0.25, -0.2) is 0 Å². The van der Waals surface area contributed by atoms with E-state index in [1.807, 2.05) is 0 Å². The first-order chi connectivity index (χ1) is 5.13. The molecule has 1 unspecified atom stereocenters. The van der Waals surface area contributed by atoms with Crippen LogP contribution in [-0.4, -0.2) is 21.3 Å². The normalized spacial score (nSPS) is 23.8. The summed E-state index contributed by atoms with van der Waals surface area (Å²) in [5.41, 5.74) is 0. The van der Waals surface area contributed by atoms with Gasteiger partial charge < -0.3 is 15.3 Å². The SMILES string of the molecule is O=C(O)C1CC=CC(O)=C1O. The average Bonchev–Trinajstić information content (AvgIpc) is 1.94. The van der Waals surface area contributed by atoms with E-state index in [0.29, 0.717) is 0 Å². The highest BCUT2D eigenvalue weighted by atomic mass is 16.4. The zero-order valence-electron chi connectivity index (χ0n) is 5.69. The largest absolute Gasteiger partial charge is 0.508 e. The van der Waals surface area contributed by atoms with Gasteiger partial charge in [0.15, 0.2) is 5.76 Å². The Labute approximate surface area is 63.1 Å². The van der Waals surface area contributed by atoms with Crippen molar-refractivity contribution in [2.45, 2.75) is 6.42 Å². The molecule has 3 N–H and O–H groups in total. The molecule has 0 aromatic rings. The Morgan fingerprint density at radius 1 is 1.55 bits per heavy atom. The van der Waals surface area contributed by atoms with Gasteiger partial charge >= 0.3 is 5.97 Å². The predicted molar refractivity (Wildman–Crippen MR) is 37.2 cm³/mol. The van der Waals surface area contributed by atoms with Crippen LogP contribution in [-0.2, 0) is 4.79 Å². The fourth-order valence-corrected chi connectivity index (χ4v) is 0.909. The molecule has 0 saturated carbocycles. The third kappa shape index (κ3) is 1.34. The van der Waals surface area contributed by atoms with E-state index in [0.717, 1.165) is 0 Å². The van der Waals surface area contributed by atoms with Crippen molar-refractivity contribution < 1.29 is 20.1 Å². The fraction of sp³-hybridized carbons (Fsp3) is 0.286. The number of hydrogen-bond donors (Lipinski definition) is 3. The van der Waals surface area contributed by atoms with E-state index in [1.165, 1.54) is 12.2 Å². The van der Waals surface area contributed by atoms with Crippen LogP contribution in [0.3, 0.4) is 0 Å². The van der Waals surface area contributed by atoms with Crippen molar-refractivity contribution in [3.8, 4) is 0 Å². The minimum Gasteiger partial charge on any atom is -0.508 e. The van der Waals surface area contributed by atoms with Gasteiger partial charge in [-0.05, 0) is 12.5 Å². The lowest BCUT2D eigenvalue weighted by Crippen LogP contribution is -2.18. The molecule has 0 bridgehead atoms. The highest BCUT2D eigenvalue weighted by molar-refractivity contribution is 5.73. The van der Waals surface area contributed by atoms with Gasteiger partial charge in [0.25, 0.3) is 0 Å². The summed E-state index contributed by atoms with van der Waals surface area (Å²) in [5.74, 6) is -2.93. The summed E-state index contributed by atoms with van der Waals surface area (Å²) in [7, 11) is 0. The standard InChI is InChI=1S/C7H8O4/c8-5-3-1-2-4(6(5)9)7(10)11/h1,3-4,8-9H,2H2,(H,10,11). The van der Waals surface area contributed by atoms with E-state index in [9.17, 15) is 4.79 Å². The Bertz CT molecular complexity index is 239. The number of rotatable bonds is 1. The van der Waals surface area contributed by atoms with Crippen LogP contribution in [0.1, 0.15) is 6.42 Å². The van der Waals surface area contributed by atoms with Gasteiger partial charge in [0, 0.05) is 0 Å². The molecule has 1 aliphatic rings. The van der Waals surface area contributed by atoms with Crippen molar-refractivity contribution in [3.05, 3.63) is 23.7 Å². The summed E-state index contributed by atoms with van der Waals surface area (Å²) in [4.78, 5) is 10.4. The van der Waals surface area contributed by atoms with Gasteiger partial charge in [-0.15, -0.1) is 0 Å². The topological polar surface area (TPSA) is 77.8 Å². The zero-order chi connectivity index (χ0) is 8.43. The van der Waals surface area contributed by atoms with Crippen molar-refractivity contribution in [3.63, 3.8) is 0 Å². The summed E-state index contributed by atoms with van der Waals surface area (Å²) >= 11 is 0. The van der Waals surface area contributed by atoms with Crippen molar-refractivity contribution in [1.82, 2.24) is 0 Å². The molecule has 0 spiro atoms. The first-order valence-electron chi connectivity index (χ1n) is 3.14. The second-order valence-electron chi connectivity index (χ2n) is 2.30. The minimum absolute atomic E-state index is 0.227. The van der Waals surface area contributed by atoms with E-state index in [1.54, 1.807) is 0 Å². The van der Waals surface area contributed by atoms with E-state index in [-0.39, 0.29) is 12.2 Å². The smallest absolute Gasteiger partial charge is 0.314 e. The molecular formula is C7H8O4. The molecule has 0 aromatic heterocycles. The van der Waals surface area contributed by atoms with Gasteiger partial charge in [0.1, 0.15) is 11.7 Å². The van der Waals surface area contributed by atoms with Crippen LogP contribution >= 0.6 is 0 Å². The molecule has 0 aliphatic heterocycles. The summed E-state index contributed by atoms with van der Waals surface area (Å²) < 4.78 is 0. The lowest BCUT2D eigenvalue weighted by atomic mass is 9.98. The van der Waals surface area contributed by atoms with Gasteiger partial charge in [-0.3, -0.25) is 4.79 Å². The maximum absolute atomic E-state index is 10.4. The number of aliphatic carboxylic acids is 1. The third-order valence-corrected chi connectivity index (χ3v) is 1.54. The molecule has 1 rings (SSSR count). The molecule has 60 valence electrons. The van der Waals surface area contributed by atoms with Crippen molar-refractivity contribution >= 4 is 5.97 Å². The Hall–Kier alpha value is -1.45. The van der Waals surface area contributed by atoms with Gasteiger partial charge in [-0.1, -0.05) is 6.08 Å². The van der Waals surface area contributed by atoms with Crippen LogP contribution in [0, 0.1) is 5.92 Å². The maximum Gasteiger partial charge on any atom is 0.314 e. The summed E-state index contributed by atoms with van der Waals surface area (Å²) in [6.07, 6.45) is 3.02. The predicted octanol–water partition coefficient (Wildman–Crippen LogP) is 0.975. The molecule has 1 aliphatic carbocycles. The monoisotopic (exact) mass is 156 g/mol. The van der Waals surface area contributed by atoms with Crippen LogP contribution in [0.5, 0.6) is 0 Å². The molecule has 4 heteroatoms. The van der Waals surface area contributed by atoms with Crippen molar-refractivity contribution in [2.24, 2.45) is 5.92 Å². The van der Waals surface area contributed by atoms with Crippen LogP contribution < -0.4 is 0 Å². The summed E-state index contributed by atoms with van der Waals surface area (Å²) in [6.45, 7) is 0. The zero-order valence-corrected chi connectivity index (χ0v) is 5.69.